The van der Waals surface area contributed by atoms with Crippen molar-refractivity contribution in [3.63, 3.8) is 0 Å². The third-order valence-corrected chi connectivity index (χ3v) is 4.61. The van der Waals surface area contributed by atoms with Gasteiger partial charge in [-0.15, -0.1) is 0 Å². The van der Waals surface area contributed by atoms with Crippen molar-refractivity contribution in [3.8, 4) is 5.69 Å². The normalized spacial score (nSPS) is 14.1. The molecule has 0 bridgehead atoms. The molecule has 2 aromatic carbocycles. The number of carbonyl (C=O) groups is 1. The molecule has 1 saturated heterocycles. The molecule has 3 aromatic rings. The van der Waals surface area contributed by atoms with Gasteiger partial charge in [-0.3, -0.25) is 4.79 Å². The van der Waals surface area contributed by atoms with Gasteiger partial charge < -0.3 is 15.0 Å². The van der Waals surface area contributed by atoms with Crippen LogP contribution in [0.25, 0.3) is 5.69 Å². The maximum atomic E-state index is 12.4. The van der Waals surface area contributed by atoms with E-state index in [2.05, 4.69) is 27.4 Å². The van der Waals surface area contributed by atoms with Gasteiger partial charge in [0.2, 0.25) is 0 Å². The van der Waals surface area contributed by atoms with Crippen molar-refractivity contribution < 1.29 is 9.53 Å². The number of nitrogens with one attached hydrogen (secondary N) is 1. The molecule has 1 aliphatic rings. The maximum Gasteiger partial charge on any atom is 0.272 e. The Balaban J connectivity index is 1.34. The molecular weight excluding hydrogens is 340 g/mol. The fourth-order valence-electron chi connectivity index (χ4n) is 3.09. The van der Waals surface area contributed by atoms with Crippen molar-refractivity contribution in [2.24, 2.45) is 0 Å². The van der Waals surface area contributed by atoms with Gasteiger partial charge in [0.1, 0.15) is 0 Å². The molecule has 27 heavy (non-hydrogen) atoms. The third kappa shape index (κ3) is 4.17. The summed E-state index contributed by atoms with van der Waals surface area (Å²) in [4.78, 5) is 14.7. The molecule has 6 heteroatoms. The minimum Gasteiger partial charge on any atom is -0.378 e. The summed E-state index contributed by atoms with van der Waals surface area (Å²) in [5, 5.41) is 7.28. The molecule has 0 unspecified atom stereocenters. The molecule has 1 fully saturated rings. The lowest BCUT2D eigenvalue weighted by Crippen LogP contribution is -2.36. The number of rotatable bonds is 5. The van der Waals surface area contributed by atoms with Gasteiger partial charge >= 0.3 is 0 Å². The van der Waals surface area contributed by atoms with Crippen molar-refractivity contribution in [3.05, 3.63) is 78.1 Å². The first-order valence-electron chi connectivity index (χ1n) is 9.10. The molecule has 2 heterocycles. The summed E-state index contributed by atoms with van der Waals surface area (Å²) in [7, 11) is 0. The molecule has 0 saturated carbocycles. The SMILES string of the molecule is O=C(NCc1ccc(N2CCOCC2)cc1)c1ccn(-c2ccccc2)n1. The number of amides is 1. The number of benzene rings is 2. The number of hydrogen-bond acceptors (Lipinski definition) is 4. The summed E-state index contributed by atoms with van der Waals surface area (Å²) in [6.07, 6.45) is 1.79. The zero-order chi connectivity index (χ0) is 18.5. The van der Waals surface area contributed by atoms with E-state index in [1.54, 1.807) is 16.9 Å². The molecule has 0 radical (unpaired) electrons. The lowest BCUT2D eigenvalue weighted by atomic mass is 10.2. The van der Waals surface area contributed by atoms with Crippen LogP contribution in [0.5, 0.6) is 0 Å². The van der Waals surface area contributed by atoms with E-state index in [0.717, 1.165) is 37.6 Å². The standard InChI is InChI=1S/C21H22N4O2/c26-21(20-10-11-25(23-20)19-4-2-1-3-5-19)22-16-17-6-8-18(9-7-17)24-12-14-27-15-13-24/h1-11H,12-16H2,(H,22,26). The summed E-state index contributed by atoms with van der Waals surface area (Å²) in [6, 6.07) is 19.7. The molecule has 1 amide bonds. The smallest absolute Gasteiger partial charge is 0.272 e. The van der Waals surface area contributed by atoms with Crippen LogP contribution in [0.1, 0.15) is 16.1 Å². The summed E-state index contributed by atoms with van der Waals surface area (Å²) < 4.78 is 7.09. The Morgan fingerprint density at radius 3 is 2.44 bits per heavy atom. The first-order valence-corrected chi connectivity index (χ1v) is 9.10. The largest absolute Gasteiger partial charge is 0.378 e. The van der Waals surface area contributed by atoms with Crippen molar-refractivity contribution in [2.45, 2.75) is 6.54 Å². The highest BCUT2D eigenvalue weighted by Crippen LogP contribution is 2.16. The third-order valence-electron chi connectivity index (χ3n) is 4.61. The van der Waals surface area contributed by atoms with Gasteiger partial charge in [0.25, 0.3) is 5.91 Å². The number of nitrogens with zero attached hydrogens (tertiary/aromatic N) is 3. The first-order chi connectivity index (χ1) is 13.3. The van der Waals surface area contributed by atoms with Crippen molar-refractivity contribution >= 4 is 11.6 Å². The predicted octanol–water partition coefficient (Wildman–Crippen LogP) is 2.64. The molecule has 1 aromatic heterocycles. The van der Waals surface area contributed by atoms with Gasteiger partial charge in [0.05, 0.1) is 18.9 Å². The lowest BCUT2D eigenvalue weighted by molar-refractivity contribution is 0.0945. The Morgan fingerprint density at radius 2 is 1.70 bits per heavy atom. The highest BCUT2D eigenvalue weighted by molar-refractivity contribution is 5.92. The molecule has 1 aliphatic heterocycles. The molecule has 0 spiro atoms. The predicted molar refractivity (Wildman–Crippen MR) is 104 cm³/mol. The number of morpholine rings is 1. The molecule has 0 aliphatic carbocycles. The fraction of sp³-hybridized carbons (Fsp3) is 0.238. The maximum absolute atomic E-state index is 12.4. The van der Waals surface area contributed by atoms with Crippen molar-refractivity contribution in [1.82, 2.24) is 15.1 Å². The Hall–Kier alpha value is -3.12. The molecule has 6 nitrogen and oxygen atoms in total. The van der Waals surface area contributed by atoms with Crippen LogP contribution in [-0.2, 0) is 11.3 Å². The van der Waals surface area contributed by atoms with Crippen LogP contribution in [0.4, 0.5) is 5.69 Å². The van der Waals surface area contributed by atoms with E-state index in [4.69, 9.17) is 4.74 Å². The van der Waals surface area contributed by atoms with Crippen LogP contribution in [0, 0.1) is 0 Å². The van der Waals surface area contributed by atoms with Crippen LogP contribution in [0.15, 0.2) is 66.9 Å². The molecular formula is C21H22N4O2. The Bertz CT molecular complexity index is 884. The van der Waals surface area contributed by atoms with Crippen molar-refractivity contribution in [1.29, 1.82) is 0 Å². The molecule has 0 atom stereocenters. The number of hydrogen-bond donors (Lipinski definition) is 1. The second-order valence-electron chi connectivity index (χ2n) is 6.43. The first kappa shape index (κ1) is 17.3. The quantitative estimate of drug-likeness (QED) is 0.758. The lowest BCUT2D eigenvalue weighted by Gasteiger charge is -2.28. The van der Waals surface area contributed by atoms with E-state index in [1.165, 1.54) is 5.69 Å². The van der Waals surface area contributed by atoms with Crippen molar-refractivity contribution in [2.75, 3.05) is 31.2 Å². The topological polar surface area (TPSA) is 59.4 Å². The van der Waals surface area contributed by atoms with Crippen LogP contribution in [0.2, 0.25) is 0 Å². The number of carbonyl (C=O) groups excluding carboxylic acids is 1. The number of aromatic nitrogens is 2. The van der Waals surface area contributed by atoms with E-state index in [9.17, 15) is 4.79 Å². The Morgan fingerprint density at radius 1 is 0.963 bits per heavy atom. The second-order valence-corrected chi connectivity index (χ2v) is 6.43. The summed E-state index contributed by atoms with van der Waals surface area (Å²) in [5.74, 6) is -0.179. The average Bonchev–Trinajstić information content (AvgIpc) is 3.24. The number of ether oxygens (including phenoxy) is 1. The van der Waals surface area contributed by atoms with Gasteiger partial charge in [-0.05, 0) is 35.9 Å². The summed E-state index contributed by atoms with van der Waals surface area (Å²) >= 11 is 0. The van der Waals surface area contributed by atoms with Gasteiger partial charge in [-0.1, -0.05) is 30.3 Å². The van der Waals surface area contributed by atoms with E-state index in [0.29, 0.717) is 12.2 Å². The molecule has 4 rings (SSSR count). The average molecular weight is 362 g/mol. The van der Waals surface area contributed by atoms with E-state index >= 15 is 0 Å². The van der Waals surface area contributed by atoms with Gasteiger partial charge in [0.15, 0.2) is 5.69 Å². The van der Waals surface area contributed by atoms with Gasteiger partial charge in [-0.2, -0.15) is 5.10 Å². The second kappa shape index (κ2) is 8.05. The highest BCUT2D eigenvalue weighted by atomic mass is 16.5. The summed E-state index contributed by atoms with van der Waals surface area (Å²) in [6.45, 7) is 3.85. The minimum absolute atomic E-state index is 0.179. The van der Waals surface area contributed by atoms with Crippen LogP contribution in [-0.4, -0.2) is 42.0 Å². The van der Waals surface area contributed by atoms with Gasteiger partial charge in [-0.25, -0.2) is 4.68 Å². The van der Waals surface area contributed by atoms with E-state index in [-0.39, 0.29) is 5.91 Å². The Labute approximate surface area is 158 Å². The van der Waals surface area contributed by atoms with E-state index in [1.807, 2.05) is 42.5 Å². The number of anilines is 1. The summed E-state index contributed by atoms with van der Waals surface area (Å²) in [5.41, 5.74) is 3.58. The van der Waals surface area contributed by atoms with Crippen LogP contribution >= 0.6 is 0 Å². The zero-order valence-electron chi connectivity index (χ0n) is 15.0. The van der Waals surface area contributed by atoms with Crippen LogP contribution in [0.3, 0.4) is 0 Å². The fourth-order valence-corrected chi connectivity index (χ4v) is 3.09. The zero-order valence-corrected chi connectivity index (χ0v) is 15.0. The highest BCUT2D eigenvalue weighted by Gasteiger charge is 2.12. The number of para-hydroxylation sites is 1. The Kier molecular flexibility index (Phi) is 5.16. The van der Waals surface area contributed by atoms with Gasteiger partial charge in [0, 0.05) is 31.5 Å². The minimum atomic E-state index is -0.179. The molecule has 1 N–H and O–H groups in total. The van der Waals surface area contributed by atoms with E-state index < -0.39 is 0 Å². The molecule has 138 valence electrons. The monoisotopic (exact) mass is 362 g/mol. The van der Waals surface area contributed by atoms with Crippen LogP contribution < -0.4 is 10.2 Å².